The van der Waals surface area contributed by atoms with Crippen molar-refractivity contribution in [2.75, 3.05) is 36.2 Å². The van der Waals surface area contributed by atoms with Gasteiger partial charge in [0, 0.05) is 7.05 Å². The lowest BCUT2D eigenvalue weighted by Gasteiger charge is -2.11. The smallest absolute Gasteiger partial charge is 0.255 e. The monoisotopic (exact) mass is 216 g/mol. The molecule has 84 valence electrons. The van der Waals surface area contributed by atoms with Crippen LogP contribution in [0, 0.1) is 0 Å². The summed E-state index contributed by atoms with van der Waals surface area (Å²) in [6.45, 7) is -0.700. The average Bonchev–Trinajstić information content (AvgIpc) is 2.18. The van der Waals surface area contributed by atoms with E-state index in [-0.39, 0.29) is 31.3 Å². The molecule has 5 N–H and O–H groups in total. The van der Waals surface area contributed by atoms with Gasteiger partial charge in [0.05, 0.1) is 0 Å². The number of rotatable bonds is 5. The maximum atomic E-state index is 9.11. The number of aromatic nitrogens is 3. The van der Waals surface area contributed by atoms with Crippen molar-refractivity contribution in [1.29, 1.82) is 0 Å². The summed E-state index contributed by atoms with van der Waals surface area (Å²) < 4.78 is 0. The Morgan fingerprint density at radius 2 is 1.53 bits per heavy atom. The minimum atomic E-state index is -0.350. The summed E-state index contributed by atoms with van der Waals surface area (Å²) >= 11 is 0. The van der Waals surface area contributed by atoms with E-state index < -0.39 is 0 Å². The molecule has 15 heavy (non-hydrogen) atoms. The highest BCUT2D eigenvalue weighted by Gasteiger charge is 2.07. The van der Waals surface area contributed by atoms with Crippen molar-refractivity contribution in [1.82, 2.24) is 15.0 Å². The number of anilines is 3. The summed E-state index contributed by atoms with van der Waals surface area (Å²) in [7, 11) is 1.33. The zero-order valence-electron chi connectivity index (χ0n) is 8.04. The Labute approximate surface area is 85.4 Å². The van der Waals surface area contributed by atoms with Gasteiger partial charge in [0.2, 0.25) is 11.9 Å². The second-order valence-corrected chi connectivity index (χ2v) is 2.48. The van der Waals surface area contributed by atoms with E-state index in [0.717, 1.165) is 0 Å². The van der Waals surface area contributed by atoms with Gasteiger partial charge in [-0.2, -0.15) is 15.0 Å². The highest BCUT2D eigenvalue weighted by atomic mass is 16.5. The minimum absolute atomic E-state index is 0.0168. The topological polar surface area (TPSA) is 127 Å². The van der Waals surface area contributed by atoms with Crippen LogP contribution < -0.4 is 15.7 Å². The first-order chi connectivity index (χ1) is 7.17. The fraction of sp³-hybridized carbons (Fsp3) is 0.500. The van der Waals surface area contributed by atoms with Crippen LogP contribution in [0.25, 0.3) is 0 Å². The lowest BCUT2D eigenvalue weighted by atomic mass is 10.8. The van der Waals surface area contributed by atoms with Gasteiger partial charge in [0.1, 0.15) is 13.5 Å². The van der Waals surface area contributed by atoms with E-state index in [1.165, 1.54) is 7.05 Å². The van der Waals surface area contributed by atoms with Crippen LogP contribution in [-0.2, 0) is 0 Å². The Morgan fingerprint density at radius 1 is 1.07 bits per heavy atom. The molecule has 9 heteroatoms. The summed E-state index contributed by atoms with van der Waals surface area (Å²) in [5, 5.41) is 31.9. The highest BCUT2D eigenvalue weighted by molar-refractivity contribution is 5.41. The van der Waals surface area contributed by atoms with Crippen LogP contribution in [-0.4, -0.2) is 50.9 Å². The Hall–Kier alpha value is -1.71. The number of aliphatic hydroxyl groups is 2. The molecule has 9 nitrogen and oxygen atoms in total. The van der Waals surface area contributed by atoms with Crippen LogP contribution in [0.5, 0.6) is 0 Å². The molecule has 0 saturated carbocycles. The maximum Gasteiger partial charge on any atom is 0.255 e. The zero-order valence-corrected chi connectivity index (χ0v) is 8.04. The summed E-state index contributed by atoms with van der Waals surface area (Å²) in [4.78, 5) is 11.3. The molecule has 1 heterocycles. The fourth-order valence-corrected chi connectivity index (χ4v) is 0.809. The molecule has 0 aliphatic carbocycles. The fourth-order valence-electron chi connectivity index (χ4n) is 0.809. The van der Waals surface area contributed by atoms with Crippen molar-refractivity contribution >= 4 is 17.8 Å². The van der Waals surface area contributed by atoms with Gasteiger partial charge >= 0.3 is 0 Å². The Balaban J connectivity index is 2.97. The van der Waals surface area contributed by atoms with Gasteiger partial charge in [-0.05, 0) is 0 Å². The standard InChI is InChI=1S/C6H12N6O3/c1-12(15)6-10-4(7-2-13)9-5(11-6)8-3-14/h13-15H,2-3H2,1H3,(H2,7,8,9,10,11). The predicted octanol–water partition coefficient (Wildman–Crippen LogP) is -1.58. The van der Waals surface area contributed by atoms with Gasteiger partial charge in [0.15, 0.2) is 0 Å². The number of hydrogen-bond acceptors (Lipinski definition) is 9. The molecule has 0 amide bonds. The average molecular weight is 216 g/mol. The molecule has 0 bridgehead atoms. The molecule has 1 aromatic rings. The van der Waals surface area contributed by atoms with Crippen LogP contribution in [0.3, 0.4) is 0 Å². The molecule has 0 spiro atoms. The molecule has 0 radical (unpaired) electrons. The Bertz CT molecular complexity index is 295. The molecule has 0 atom stereocenters. The Morgan fingerprint density at radius 3 is 1.87 bits per heavy atom. The summed E-state index contributed by atoms with van der Waals surface area (Å²) in [5.74, 6) is 0.149. The molecule has 0 aromatic carbocycles. The van der Waals surface area contributed by atoms with Gasteiger partial charge in [-0.3, -0.25) is 5.21 Å². The van der Waals surface area contributed by atoms with Crippen molar-refractivity contribution < 1.29 is 15.4 Å². The van der Waals surface area contributed by atoms with Crippen LogP contribution in [0.15, 0.2) is 0 Å². The highest BCUT2D eigenvalue weighted by Crippen LogP contribution is 2.10. The van der Waals surface area contributed by atoms with Gasteiger partial charge in [0.25, 0.3) is 5.95 Å². The number of hydrogen-bond donors (Lipinski definition) is 5. The molecular formula is C6H12N6O3. The lowest BCUT2D eigenvalue weighted by Crippen LogP contribution is -2.18. The van der Waals surface area contributed by atoms with Crippen molar-refractivity contribution in [2.45, 2.75) is 0 Å². The van der Waals surface area contributed by atoms with Crippen LogP contribution >= 0.6 is 0 Å². The van der Waals surface area contributed by atoms with E-state index in [1.807, 2.05) is 0 Å². The quantitative estimate of drug-likeness (QED) is 0.292. The summed E-state index contributed by atoms with van der Waals surface area (Å²) in [5.41, 5.74) is 0. The van der Waals surface area contributed by atoms with Crippen molar-refractivity contribution in [3.8, 4) is 0 Å². The maximum absolute atomic E-state index is 9.11. The van der Waals surface area contributed by atoms with Crippen LogP contribution in [0.2, 0.25) is 0 Å². The molecular weight excluding hydrogens is 204 g/mol. The normalized spacial score (nSPS) is 9.87. The van der Waals surface area contributed by atoms with Crippen molar-refractivity contribution in [2.24, 2.45) is 0 Å². The van der Waals surface area contributed by atoms with Gasteiger partial charge < -0.3 is 20.8 Å². The van der Waals surface area contributed by atoms with Gasteiger partial charge in [-0.25, -0.2) is 5.06 Å². The summed E-state index contributed by atoms with van der Waals surface area (Å²) in [6.07, 6.45) is 0. The minimum Gasteiger partial charge on any atom is -0.376 e. The first kappa shape index (κ1) is 11.4. The van der Waals surface area contributed by atoms with Gasteiger partial charge in [-0.1, -0.05) is 0 Å². The largest absolute Gasteiger partial charge is 0.376 e. The van der Waals surface area contributed by atoms with Crippen molar-refractivity contribution in [3.63, 3.8) is 0 Å². The number of nitrogens with one attached hydrogen (secondary N) is 2. The van der Waals surface area contributed by atoms with Crippen molar-refractivity contribution in [3.05, 3.63) is 0 Å². The second kappa shape index (κ2) is 5.24. The zero-order chi connectivity index (χ0) is 11.3. The molecule has 0 saturated heterocycles. The van der Waals surface area contributed by atoms with E-state index in [9.17, 15) is 0 Å². The predicted molar refractivity (Wildman–Crippen MR) is 51.4 cm³/mol. The number of aliphatic hydroxyl groups excluding tert-OH is 2. The summed E-state index contributed by atoms with van der Waals surface area (Å²) in [6, 6.07) is 0. The number of hydroxylamine groups is 1. The molecule has 0 fully saturated rings. The van der Waals surface area contributed by atoms with Crippen LogP contribution in [0.1, 0.15) is 0 Å². The second-order valence-electron chi connectivity index (χ2n) is 2.48. The molecule has 1 rings (SSSR count). The molecule has 0 unspecified atom stereocenters. The first-order valence-corrected chi connectivity index (χ1v) is 4.05. The third-order valence-corrected chi connectivity index (χ3v) is 1.39. The Kier molecular flexibility index (Phi) is 3.97. The number of nitrogens with zero attached hydrogens (tertiary/aromatic N) is 4. The van der Waals surface area contributed by atoms with E-state index in [4.69, 9.17) is 15.4 Å². The van der Waals surface area contributed by atoms with E-state index >= 15 is 0 Å². The van der Waals surface area contributed by atoms with E-state index in [2.05, 4.69) is 25.6 Å². The third kappa shape index (κ3) is 3.16. The molecule has 0 aliphatic rings. The molecule has 0 aliphatic heterocycles. The lowest BCUT2D eigenvalue weighted by molar-refractivity contribution is 0.272. The van der Waals surface area contributed by atoms with Gasteiger partial charge in [-0.15, -0.1) is 0 Å². The first-order valence-electron chi connectivity index (χ1n) is 4.05. The van der Waals surface area contributed by atoms with E-state index in [0.29, 0.717) is 5.06 Å². The van der Waals surface area contributed by atoms with E-state index in [1.54, 1.807) is 0 Å². The third-order valence-electron chi connectivity index (χ3n) is 1.39. The molecule has 1 aromatic heterocycles. The van der Waals surface area contributed by atoms with Crippen LogP contribution in [0.4, 0.5) is 17.8 Å². The SMILES string of the molecule is CN(O)c1nc(NCO)nc(NCO)n1.